The van der Waals surface area contributed by atoms with Crippen molar-refractivity contribution in [1.29, 1.82) is 0 Å². The number of aromatic nitrogens is 1. The number of fused-ring (bicyclic) bond motifs is 1. The summed E-state index contributed by atoms with van der Waals surface area (Å²) in [6, 6.07) is 9.57. The molecule has 0 spiro atoms. The molecule has 0 aliphatic rings. The van der Waals surface area contributed by atoms with Crippen LogP contribution in [0.3, 0.4) is 0 Å². The lowest BCUT2D eigenvalue weighted by atomic mass is 10.0. The number of aryl methyl sites for hydroxylation is 1. The number of nitrogens with one attached hydrogen (secondary N) is 1. The third kappa shape index (κ3) is 4.26. The van der Waals surface area contributed by atoms with Crippen molar-refractivity contribution in [3.8, 4) is 0 Å². The van der Waals surface area contributed by atoms with Gasteiger partial charge < -0.3 is 10.4 Å². The van der Waals surface area contributed by atoms with Crippen molar-refractivity contribution in [2.45, 2.75) is 39.8 Å². The lowest BCUT2D eigenvalue weighted by Gasteiger charge is -2.16. The van der Waals surface area contributed by atoms with E-state index in [1.165, 1.54) is 0 Å². The van der Waals surface area contributed by atoms with Gasteiger partial charge in [0.2, 0.25) is 0 Å². The van der Waals surface area contributed by atoms with Gasteiger partial charge in [0.05, 0.1) is 5.52 Å². The highest BCUT2D eigenvalue weighted by Gasteiger charge is 2.17. The Morgan fingerprint density at radius 1 is 1.29 bits per heavy atom. The van der Waals surface area contributed by atoms with E-state index < -0.39 is 12.0 Å². The molecule has 0 fully saturated rings. The van der Waals surface area contributed by atoms with Crippen molar-refractivity contribution in [2.24, 2.45) is 5.92 Å². The Kier molecular flexibility index (Phi) is 4.91. The highest BCUT2D eigenvalue weighted by Crippen LogP contribution is 2.15. The van der Waals surface area contributed by atoms with Crippen LogP contribution in [0.1, 0.15) is 31.5 Å². The van der Waals surface area contributed by atoms with Gasteiger partial charge in [-0.05, 0) is 43.0 Å². The van der Waals surface area contributed by atoms with Crippen LogP contribution in [0.2, 0.25) is 0 Å². The highest BCUT2D eigenvalue weighted by molar-refractivity contribution is 5.79. The third-order valence-corrected chi connectivity index (χ3v) is 3.45. The second-order valence-electron chi connectivity index (χ2n) is 5.88. The lowest BCUT2D eigenvalue weighted by Crippen LogP contribution is -2.37. The molecule has 4 nitrogen and oxygen atoms in total. The van der Waals surface area contributed by atoms with Crippen molar-refractivity contribution in [1.82, 2.24) is 10.3 Å². The fourth-order valence-corrected chi connectivity index (χ4v) is 2.37. The standard InChI is InChI=1S/C17H22N2O2/c1-11(2)8-16(17(20)21)18-10-13-5-7-15-14(9-13)6-4-12(3)19-15/h4-7,9,11,16,18H,8,10H2,1-3H3,(H,20,21). The number of carboxylic acid groups (broad SMARTS) is 1. The molecule has 0 radical (unpaired) electrons. The normalized spacial score (nSPS) is 12.8. The molecule has 2 rings (SSSR count). The van der Waals surface area contributed by atoms with Gasteiger partial charge >= 0.3 is 5.97 Å². The zero-order valence-electron chi connectivity index (χ0n) is 12.8. The molecule has 2 N–H and O–H groups in total. The van der Waals surface area contributed by atoms with Crippen molar-refractivity contribution < 1.29 is 9.90 Å². The van der Waals surface area contributed by atoms with E-state index in [2.05, 4.69) is 16.4 Å². The number of nitrogens with zero attached hydrogens (tertiary/aromatic N) is 1. The van der Waals surface area contributed by atoms with Crippen LogP contribution in [-0.2, 0) is 11.3 Å². The minimum Gasteiger partial charge on any atom is -0.480 e. The summed E-state index contributed by atoms with van der Waals surface area (Å²) in [6.45, 7) is 6.58. The summed E-state index contributed by atoms with van der Waals surface area (Å²) in [5.41, 5.74) is 3.04. The van der Waals surface area contributed by atoms with E-state index in [1.54, 1.807) is 0 Å². The van der Waals surface area contributed by atoms with Gasteiger partial charge in [-0.3, -0.25) is 9.78 Å². The molecule has 21 heavy (non-hydrogen) atoms. The molecular weight excluding hydrogens is 264 g/mol. The van der Waals surface area contributed by atoms with E-state index in [9.17, 15) is 9.90 Å². The maximum absolute atomic E-state index is 11.2. The largest absolute Gasteiger partial charge is 0.480 e. The van der Waals surface area contributed by atoms with E-state index in [1.807, 2.05) is 45.0 Å². The fourth-order valence-electron chi connectivity index (χ4n) is 2.37. The molecule has 0 saturated carbocycles. The Morgan fingerprint density at radius 3 is 2.71 bits per heavy atom. The van der Waals surface area contributed by atoms with Crippen LogP contribution in [-0.4, -0.2) is 22.1 Å². The minimum absolute atomic E-state index is 0.349. The van der Waals surface area contributed by atoms with E-state index in [0.29, 0.717) is 18.9 Å². The van der Waals surface area contributed by atoms with Crippen LogP contribution >= 0.6 is 0 Å². The van der Waals surface area contributed by atoms with Gasteiger partial charge in [0.1, 0.15) is 6.04 Å². The highest BCUT2D eigenvalue weighted by atomic mass is 16.4. The van der Waals surface area contributed by atoms with Gasteiger partial charge in [0.25, 0.3) is 0 Å². The number of pyridine rings is 1. The predicted molar refractivity (Wildman–Crippen MR) is 84.2 cm³/mol. The number of hydrogen-bond acceptors (Lipinski definition) is 3. The maximum atomic E-state index is 11.2. The first kappa shape index (κ1) is 15.4. The molecule has 112 valence electrons. The van der Waals surface area contributed by atoms with Gasteiger partial charge in [-0.25, -0.2) is 0 Å². The van der Waals surface area contributed by atoms with Crippen molar-refractivity contribution in [2.75, 3.05) is 0 Å². The molecule has 0 aliphatic carbocycles. The van der Waals surface area contributed by atoms with Gasteiger partial charge in [-0.1, -0.05) is 26.0 Å². The van der Waals surface area contributed by atoms with Crippen molar-refractivity contribution in [3.05, 3.63) is 41.6 Å². The number of aliphatic carboxylic acids is 1. The van der Waals surface area contributed by atoms with Crippen LogP contribution in [0.4, 0.5) is 0 Å². The zero-order valence-corrected chi connectivity index (χ0v) is 12.8. The molecule has 0 bridgehead atoms. The fraction of sp³-hybridized carbons (Fsp3) is 0.412. The molecule has 0 saturated heterocycles. The maximum Gasteiger partial charge on any atom is 0.320 e. The molecular formula is C17H22N2O2. The van der Waals surface area contributed by atoms with Gasteiger partial charge in [-0.2, -0.15) is 0 Å². The van der Waals surface area contributed by atoms with Crippen LogP contribution in [0.5, 0.6) is 0 Å². The number of benzene rings is 1. The van der Waals surface area contributed by atoms with E-state index in [4.69, 9.17) is 0 Å². The number of carboxylic acids is 1. The number of hydrogen-bond donors (Lipinski definition) is 2. The van der Waals surface area contributed by atoms with Crippen LogP contribution in [0.15, 0.2) is 30.3 Å². The molecule has 4 heteroatoms. The Bertz CT molecular complexity index is 638. The summed E-state index contributed by atoms with van der Waals surface area (Å²) in [5.74, 6) is -0.441. The summed E-state index contributed by atoms with van der Waals surface area (Å²) in [4.78, 5) is 15.7. The second kappa shape index (κ2) is 6.68. The zero-order chi connectivity index (χ0) is 15.4. The molecule has 1 atom stereocenters. The molecule has 1 heterocycles. The van der Waals surface area contributed by atoms with Crippen LogP contribution < -0.4 is 5.32 Å². The quantitative estimate of drug-likeness (QED) is 0.856. The summed E-state index contributed by atoms with van der Waals surface area (Å²) >= 11 is 0. The molecule has 0 amide bonds. The van der Waals surface area contributed by atoms with Crippen LogP contribution in [0, 0.1) is 12.8 Å². The Morgan fingerprint density at radius 2 is 2.05 bits per heavy atom. The SMILES string of the molecule is Cc1ccc2cc(CNC(CC(C)C)C(=O)O)ccc2n1. The average Bonchev–Trinajstić information content (AvgIpc) is 2.42. The summed E-state index contributed by atoms with van der Waals surface area (Å²) in [5, 5.41) is 13.4. The number of rotatable bonds is 6. The monoisotopic (exact) mass is 286 g/mol. The number of carbonyl (C=O) groups is 1. The topological polar surface area (TPSA) is 62.2 Å². The smallest absolute Gasteiger partial charge is 0.320 e. The minimum atomic E-state index is -0.790. The molecule has 1 aromatic carbocycles. The first-order valence-corrected chi connectivity index (χ1v) is 7.28. The molecule has 1 aromatic heterocycles. The summed E-state index contributed by atoms with van der Waals surface area (Å²) in [6.07, 6.45) is 0.629. The Labute approximate surface area is 125 Å². The van der Waals surface area contributed by atoms with E-state index in [-0.39, 0.29) is 0 Å². The van der Waals surface area contributed by atoms with E-state index >= 15 is 0 Å². The lowest BCUT2D eigenvalue weighted by molar-refractivity contribution is -0.140. The van der Waals surface area contributed by atoms with Crippen LogP contribution in [0.25, 0.3) is 10.9 Å². The van der Waals surface area contributed by atoms with Crippen molar-refractivity contribution >= 4 is 16.9 Å². The molecule has 2 aromatic rings. The molecule has 1 unspecified atom stereocenters. The molecule has 0 aliphatic heterocycles. The van der Waals surface area contributed by atoms with Gasteiger partial charge in [0.15, 0.2) is 0 Å². The first-order valence-electron chi connectivity index (χ1n) is 7.28. The van der Waals surface area contributed by atoms with Crippen molar-refractivity contribution in [3.63, 3.8) is 0 Å². The van der Waals surface area contributed by atoms with E-state index in [0.717, 1.165) is 22.2 Å². The average molecular weight is 286 g/mol. The second-order valence-corrected chi connectivity index (χ2v) is 5.88. The first-order chi connectivity index (χ1) is 9.95. The Balaban J connectivity index is 2.08. The summed E-state index contributed by atoms with van der Waals surface area (Å²) in [7, 11) is 0. The Hall–Kier alpha value is -1.94. The summed E-state index contributed by atoms with van der Waals surface area (Å²) < 4.78 is 0. The predicted octanol–water partition coefficient (Wildman–Crippen LogP) is 3.13. The third-order valence-electron chi connectivity index (χ3n) is 3.45. The van der Waals surface area contributed by atoms with Gasteiger partial charge in [-0.15, -0.1) is 0 Å². The van der Waals surface area contributed by atoms with Gasteiger partial charge in [0, 0.05) is 17.6 Å².